The molecule has 3 rings (SSSR count). The lowest BCUT2D eigenvalue weighted by Gasteiger charge is -2.09. The van der Waals surface area contributed by atoms with Crippen molar-refractivity contribution in [2.75, 3.05) is 5.32 Å². The van der Waals surface area contributed by atoms with Crippen molar-refractivity contribution in [1.29, 1.82) is 0 Å². The Balaban J connectivity index is 1.67. The van der Waals surface area contributed by atoms with Crippen LogP contribution in [0.15, 0.2) is 72.8 Å². The van der Waals surface area contributed by atoms with Crippen molar-refractivity contribution in [2.45, 2.75) is 6.92 Å². The van der Waals surface area contributed by atoms with Crippen LogP contribution >= 0.6 is 11.6 Å². The van der Waals surface area contributed by atoms with Gasteiger partial charge in [0.05, 0.1) is 10.6 Å². The monoisotopic (exact) mass is 337 g/mol. The van der Waals surface area contributed by atoms with Crippen LogP contribution in [-0.4, -0.2) is 5.91 Å². The molecule has 0 aliphatic heterocycles. The van der Waals surface area contributed by atoms with E-state index in [2.05, 4.69) is 5.32 Å². The number of hydrogen-bond donors (Lipinski definition) is 1. The summed E-state index contributed by atoms with van der Waals surface area (Å²) in [5.74, 6) is 1.23. The van der Waals surface area contributed by atoms with Gasteiger partial charge in [0.15, 0.2) is 0 Å². The first-order chi connectivity index (χ1) is 11.6. The Kier molecular flexibility index (Phi) is 4.82. The smallest absolute Gasteiger partial charge is 0.257 e. The average Bonchev–Trinajstić information content (AvgIpc) is 2.59. The number of carbonyl (C=O) groups is 1. The van der Waals surface area contributed by atoms with Gasteiger partial charge in [0.25, 0.3) is 5.91 Å². The molecule has 0 aromatic heterocycles. The van der Waals surface area contributed by atoms with E-state index in [-0.39, 0.29) is 5.91 Å². The van der Waals surface area contributed by atoms with Crippen LogP contribution in [0.2, 0.25) is 5.02 Å². The van der Waals surface area contributed by atoms with Gasteiger partial charge in [-0.05, 0) is 55.5 Å². The molecule has 0 fully saturated rings. The van der Waals surface area contributed by atoms with E-state index < -0.39 is 0 Å². The van der Waals surface area contributed by atoms with Gasteiger partial charge in [-0.15, -0.1) is 0 Å². The third-order valence-electron chi connectivity index (χ3n) is 3.49. The van der Waals surface area contributed by atoms with E-state index in [1.165, 1.54) is 5.56 Å². The number of rotatable bonds is 4. The molecule has 0 unspecified atom stereocenters. The summed E-state index contributed by atoms with van der Waals surface area (Å²) in [7, 11) is 0. The highest BCUT2D eigenvalue weighted by Gasteiger charge is 2.09. The second-order valence-electron chi connectivity index (χ2n) is 5.37. The van der Waals surface area contributed by atoms with Gasteiger partial charge in [-0.1, -0.05) is 41.4 Å². The number of hydrogen-bond acceptors (Lipinski definition) is 2. The van der Waals surface area contributed by atoms with Crippen molar-refractivity contribution >= 4 is 23.2 Å². The lowest BCUT2D eigenvalue weighted by Crippen LogP contribution is -2.12. The summed E-state index contributed by atoms with van der Waals surface area (Å²) >= 11 is 6.03. The Morgan fingerprint density at radius 1 is 0.875 bits per heavy atom. The molecular weight excluding hydrogens is 322 g/mol. The maximum absolute atomic E-state index is 12.2. The van der Waals surface area contributed by atoms with E-state index in [0.29, 0.717) is 22.0 Å². The molecule has 0 heterocycles. The van der Waals surface area contributed by atoms with E-state index >= 15 is 0 Å². The summed E-state index contributed by atoms with van der Waals surface area (Å²) in [6.45, 7) is 2.03. The van der Waals surface area contributed by atoms with Gasteiger partial charge >= 0.3 is 0 Å². The summed E-state index contributed by atoms with van der Waals surface area (Å²) in [6, 6.07) is 22.0. The molecule has 0 spiro atoms. The van der Waals surface area contributed by atoms with Crippen LogP contribution in [0.5, 0.6) is 11.5 Å². The van der Waals surface area contributed by atoms with Gasteiger partial charge in [0.2, 0.25) is 0 Å². The average molecular weight is 338 g/mol. The Bertz CT molecular complexity index is 842. The molecule has 3 aromatic carbocycles. The Morgan fingerprint density at radius 2 is 1.46 bits per heavy atom. The lowest BCUT2D eigenvalue weighted by atomic mass is 10.2. The molecule has 0 radical (unpaired) electrons. The molecule has 0 bridgehead atoms. The van der Waals surface area contributed by atoms with Gasteiger partial charge in [-0.25, -0.2) is 0 Å². The molecule has 24 heavy (non-hydrogen) atoms. The quantitative estimate of drug-likeness (QED) is 0.663. The first-order valence-electron chi connectivity index (χ1n) is 7.52. The van der Waals surface area contributed by atoms with Gasteiger partial charge < -0.3 is 10.1 Å². The number of nitrogens with one attached hydrogen (secondary N) is 1. The van der Waals surface area contributed by atoms with Crippen molar-refractivity contribution in [2.24, 2.45) is 0 Å². The second kappa shape index (κ2) is 7.20. The summed E-state index contributed by atoms with van der Waals surface area (Å²) in [5, 5.41) is 3.24. The van der Waals surface area contributed by atoms with Crippen LogP contribution in [0.3, 0.4) is 0 Å². The standard InChI is InChI=1S/C20H16ClNO2/c1-14-6-10-16(11-7-14)24-17-12-8-15(9-13-17)22-20(23)18-4-2-3-5-19(18)21/h2-13H,1H3,(H,22,23). The zero-order chi connectivity index (χ0) is 16.9. The van der Waals surface area contributed by atoms with Crippen molar-refractivity contribution in [3.8, 4) is 11.5 Å². The SMILES string of the molecule is Cc1ccc(Oc2ccc(NC(=O)c3ccccc3Cl)cc2)cc1. The maximum atomic E-state index is 12.2. The minimum atomic E-state index is -0.243. The number of anilines is 1. The van der Waals surface area contributed by atoms with Crippen LogP contribution in [0.25, 0.3) is 0 Å². The molecule has 0 aliphatic rings. The number of halogens is 1. The number of amides is 1. The molecule has 0 saturated carbocycles. The molecule has 0 saturated heterocycles. The summed E-state index contributed by atoms with van der Waals surface area (Å²) in [4.78, 5) is 12.2. The van der Waals surface area contributed by atoms with Gasteiger partial charge in [0, 0.05) is 5.69 Å². The zero-order valence-electron chi connectivity index (χ0n) is 13.1. The van der Waals surface area contributed by atoms with Gasteiger partial charge in [-0.3, -0.25) is 4.79 Å². The van der Waals surface area contributed by atoms with Gasteiger partial charge in [-0.2, -0.15) is 0 Å². The number of carbonyl (C=O) groups excluding carboxylic acids is 1. The molecule has 3 aromatic rings. The van der Waals surface area contributed by atoms with Crippen LogP contribution in [0, 0.1) is 6.92 Å². The van der Waals surface area contributed by atoms with Crippen molar-refractivity contribution in [3.05, 3.63) is 88.9 Å². The van der Waals surface area contributed by atoms with Crippen LogP contribution in [-0.2, 0) is 0 Å². The van der Waals surface area contributed by atoms with Crippen LogP contribution < -0.4 is 10.1 Å². The molecule has 0 aliphatic carbocycles. The molecule has 1 N–H and O–H groups in total. The largest absolute Gasteiger partial charge is 0.457 e. The molecule has 4 heteroatoms. The van der Waals surface area contributed by atoms with Crippen LogP contribution in [0.1, 0.15) is 15.9 Å². The predicted molar refractivity (Wildman–Crippen MR) is 97.1 cm³/mol. The fourth-order valence-electron chi connectivity index (χ4n) is 2.19. The minimum absolute atomic E-state index is 0.243. The molecule has 0 atom stereocenters. The third-order valence-corrected chi connectivity index (χ3v) is 3.82. The van der Waals surface area contributed by atoms with Crippen LogP contribution in [0.4, 0.5) is 5.69 Å². The van der Waals surface area contributed by atoms with E-state index in [4.69, 9.17) is 16.3 Å². The third kappa shape index (κ3) is 3.94. The lowest BCUT2D eigenvalue weighted by molar-refractivity contribution is 0.102. The summed E-state index contributed by atoms with van der Waals surface area (Å²) in [6.07, 6.45) is 0. The van der Waals surface area contributed by atoms with Crippen molar-refractivity contribution < 1.29 is 9.53 Å². The van der Waals surface area contributed by atoms with E-state index in [1.807, 2.05) is 43.3 Å². The number of benzene rings is 3. The number of ether oxygens (including phenoxy) is 1. The maximum Gasteiger partial charge on any atom is 0.257 e. The first kappa shape index (κ1) is 16.1. The molecule has 120 valence electrons. The van der Waals surface area contributed by atoms with E-state index in [9.17, 15) is 4.79 Å². The highest BCUT2D eigenvalue weighted by Crippen LogP contribution is 2.24. The highest BCUT2D eigenvalue weighted by atomic mass is 35.5. The Hall–Kier alpha value is -2.78. The van der Waals surface area contributed by atoms with Crippen molar-refractivity contribution in [1.82, 2.24) is 0 Å². The topological polar surface area (TPSA) is 38.3 Å². The van der Waals surface area contributed by atoms with E-state index in [1.54, 1.807) is 36.4 Å². The predicted octanol–water partition coefficient (Wildman–Crippen LogP) is 5.69. The normalized spacial score (nSPS) is 10.2. The molecular formula is C20H16ClNO2. The highest BCUT2D eigenvalue weighted by molar-refractivity contribution is 6.34. The summed E-state index contributed by atoms with van der Waals surface area (Å²) < 4.78 is 5.76. The number of aryl methyl sites for hydroxylation is 1. The molecule has 3 nitrogen and oxygen atoms in total. The Morgan fingerprint density at radius 3 is 2.08 bits per heavy atom. The molecule has 1 amide bonds. The first-order valence-corrected chi connectivity index (χ1v) is 7.90. The van der Waals surface area contributed by atoms with Crippen molar-refractivity contribution in [3.63, 3.8) is 0 Å². The van der Waals surface area contributed by atoms with Gasteiger partial charge in [0.1, 0.15) is 11.5 Å². The Labute approximate surface area is 145 Å². The second-order valence-corrected chi connectivity index (χ2v) is 5.78. The minimum Gasteiger partial charge on any atom is -0.457 e. The zero-order valence-corrected chi connectivity index (χ0v) is 13.9. The fourth-order valence-corrected chi connectivity index (χ4v) is 2.41. The van der Waals surface area contributed by atoms with E-state index in [0.717, 1.165) is 5.75 Å². The summed E-state index contributed by atoms with van der Waals surface area (Å²) in [5.41, 5.74) is 2.30. The fraction of sp³-hybridized carbons (Fsp3) is 0.0500.